The van der Waals surface area contributed by atoms with Crippen molar-refractivity contribution in [3.05, 3.63) is 94.9 Å². The second kappa shape index (κ2) is 8.37. The highest BCUT2D eigenvalue weighted by atomic mass is 35.5. The molecule has 1 unspecified atom stereocenters. The van der Waals surface area contributed by atoms with Crippen LogP contribution in [0.3, 0.4) is 0 Å². The van der Waals surface area contributed by atoms with Gasteiger partial charge in [-0.25, -0.2) is 4.79 Å². The first-order valence-electron chi connectivity index (χ1n) is 9.39. The highest BCUT2D eigenvalue weighted by Crippen LogP contribution is 2.30. The summed E-state index contributed by atoms with van der Waals surface area (Å²) in [5.41, 5.74) is 4.75. The molecule has 0 aliphatic heterocycles. The number of hydrogen-bond donors (Lipinski definition) is 3. The summed E-state index contributed by atoms with van der Waals surface area (Å²) in [6, 6.07) is 17.3. The summed E-state index contributed by atoms with van der Waals surface area (Å²) in [5, 5.41) is 7.63. The molecule has 0 spiro atoms. The van der Waals surface area contributed by atoms with Crippen molar-refractivity contribution in [1.82, 2.24) is 15.3 Å². The number of nitrogens with one attached hydrogen (secondary N) is 3. The molecule has 2 aromatic carbocycles. The molecule has 0 aliphatic carbocycles. The molecule has 5 nitrogen and oxygen atoms in total. The monoisotopic (exact) mass is 404 g/mol. The van der Waals surface area contributed by atoms with E-state index in [-0.39, 0.29) is 11.9 Å². The number of anilines is 1. The lowest BCUT2D eigenvalue weighted by atomic mass is 9.92. The number of urea groups is 1. The number of pyridine rings is 1. The van der Waals surface area contributed by atoms with E-state index < -0.39 is 0 Å². The number of aromatic amines is 1. The minimum atomic E-state index is -0.274. The van der Waals surface area contributed by atoms with Crippen molar-refractivity contribution in [2.75, 3.05) is 11.9 Å². The zero-order chi connectivity index (χ0) is 20.2. The lowest BCUT2D eigenvalue weighted by Crippen LogP contribution is -2.33. The Hall–Kier alpha value is -3.31. The second-order valence-corrected chi connectivity index (χ2v) is 7.28. The van der Waals surface area contributed by atoms with Gasteiger partial charge >= 0.3 is 6.03 Å². The highest BCUT2D eigenvalue weighted by Gasteiger charge is 2.19. The summed E-state index contributed by atoms with van der Waals surface area (Å²) in [4.78, 5) is 20.1. The minimum absolute atomic E-state index is 0.0361. The van der Waals surface area contributed by atoms with E-state index in [1.165, 1.54) is 0 Å². The zero-order valence-electron chi connectivity index (χ0n) is 15.9. The summed E-state index contributed by atoms with van der Waals surface area (Å²) in [5.74, 6) is -0.0361. The smallest absolute Gasteiger partial charge is 0.319 e. The van der Waals surface area contributed by atoms with Crippen LogP contribution < -0.4 is 10.6 Å². The fourth-order valence-electron chi connectivity index (χ4n) is 3.48. The molecule has 0 radical (unpaired) electrons. The predicted molar refractivity (Wildman–Crippen MR) is 118 cm³/mol. The molecule has 1 atom stereocenters. The molecular weight excluding hydrogens is 384 g/mol. The van der Waals surface area contributed by atoms with Crippen molar-refractivity contribution in [3.8, 4) is 0 Å². The number of benzene rings is 2. The van der Waals surface area contributed by atoms with Crippen molar-refractivity contribution < 1.29 is 4.79 Å². The summed E-state index contributed by atoms with van der Waals surface area (Å²) < 4.78 is 0. The van der Waals surface area contributed by atoms with E-state index in [4.69, 9.17) is 11.6 Å². The maximum absolute atomic E-state index is 12.6. The summed E-state index contributed by atoms with van der Waals surface area (Å²) >= 11 is 6.15. The van der Waals surface area contributed by atoms with Gasteiger partial charge in [0.25, 0.3) is 0 Å². The normalized spacial score (nSPS) is 11.9. The number of fused-ring (bicyclic) bond motifs is 1. The van der Waals surface area contributed by atoms with Gasteiger partial charge in [0.05, 0.1) is 0 Å². The molecule has 146 valence electrons. The third-order valence-corrected chi connectivity index (χ3v) is 5.48. The molecule has 0 bridgehead atoms. The van der Waals surface area contributed by atoms with E-state index in [0.717, 1.165) is 27.6 Å². The molecule has 0 saturated carbocycles. The van der Waals surface area contributed by atoms with Gasteiger partial charge in [0.1, 0.15) is 0 Å². The maximum atomic E-state index is 12.6. The quantitative estimate of drug-likeness (QED) is 0.412. The van der Waals surface area contributed by atoms with E-state index in [1.54, 1.807) is 12.3 Å². The van der Waals surface area contributed by atoms with E-state index in [1.807, 2.05) is 61.8 Å². The number of carbonyl (C=O) groups is 1. The number of halogens is 1. The second-order valence-electron chi connectivity index (χ2n) is 6.88. The Labute approximate surface area is 174 Å². The van der Waals surface area contributed by atoms with Gasteiger partial charge < -0.3 is 15.6 Å². The zero-order valence-corrected chi connectivity index (χ0v) is 16.7. The molecule has 0 aliphatic rings. The number of para-hydroxylation sites is 1. The molecule has 4 rings (SSSR count). The first-order chi connectivity index (χ1) is 14.1. The number of nitrogens with zero attached hydrogens (tertiary/aromatic N) is 1. The van der Waals surface area contributed by atoms with Crippen LogP contribution in [0.25, 0.3) is 10.9 Å². The molecule has 4 aromatic rings. The Kier molecular flexibility index (Phi) is 5.49. The number of carbonyl (C=O) groups excluding carboxylic acids is 1. The standard InChI is InChI=1S/C23H21ClN4O/c1-15-20(24)8-4-10-21(15)28-23(29)27-13-18(16-6-5-11-25-12-16)19-14-26-22-9-3-2-7-17(19)22/h2-12,14,18,26H,13H2,1H3,(H2,27,28,29). The Bertz CT molecular complexity index is 1140. The van der Waals surface area contributed by atoms with Gasteiger partial charge in [-0.15, -0.1) is 0 Å². The third-order valence-electron chi connectivity index (χ3n) is 5.07. The molecule has 0 fully saturated rings. The Balaban J connectivity index is 1.56. The van der Waals surface area contributed by atoms with Gasteiger partial charge in [0.15, 0.2) is 0 Å². The van der Waals surface area contributed by atoms with Gasteiger partial charge in [-0.3, -0.25) is 4.98 Å². The van der Waals surface area contributed by atoms with E-state index in [9.17, 15) is 4.79 Å². The van der Waals surface area contributed by atoms with Crippen LogP contribution >= 0.6 is 11.6 Å². The maximum Gasteiger partial charge on any atom is 0.319 e. The van der Waals surface area contributed by atoms with Crippen LogP contribution in [-0.2, 0) is 0 Å². The average molecular weight is 405 g/mol. The minimum Gasteiger partial charge on any atom is -0.361 e. The Morgan fingerprint density at radius 1 is 1.14 bits per heavy atom. The van der Waals surface area contributed by atoms with Crippen LogP contribution in [0.2, 0.25) is 5.02 Å². The van der Waals surface area contributed by atoms with Gasteiger partial charge in [0.2, 0.25) is 0 Å². The van der Waals surface area contributed by atoms with E-state index in [2.05, 4.69) is 26.7 Å². The van der Waals surface area contributed by atoms with Crippen molar-refractivity contribution in [3.63, 3.8) is 0 Å². The third kappa shape index (κ3) is 4.10. The van der Waals surface area contributed by atoms with Crippen LogP contribution in [-0.4, -0.2) is 22.5 Å². The van der Waals surface area contributed by atoms with Crippen molar-refractivity contribution >= 4 is 34.2 Å². The summed E-state index contributed by atoms with van der Waals surface area (Å²) in [7, 11) is 0. The Morgan fingerprint density at radius 2 is 2.00 bits per heavy atom. The largest absolute Gasteiger partial charge is 0.361 e. The lowest BCUT2D eigenvalue weighted by Gasteiger charge is -2.18. The SMILES string of the molecule is Cc1c(Cl)cccc1NC(=O)NCC(c1cccnc1)c1c[nH]c2ccccc12. The molecule has 6 heteroatoms. The van der Waals surface area contributed by atoms with Gasteiger partial charge in [0, 0.05) is 52.7 Å². The van der Waals surface area contributed by atoms with Crippen molar-refractivity contribution in [2.45, 2.75) is 12.8 Å². The van der Waals surface area contributed by atoms with E-state index in [0.29, 0.717) is 17.3 Å². The molecule has 3 N–H and O–H groups in total. The summed E-state index contributed by atoms with van der Waals surface area (Å²) in [6.07, 6.45) is 5.59. The molecule has 2 heterocycles. The van der Waals surface area contributed by atoms with Crippen molar-refractivity contribution in [2.24, 2.45) is 0 Å². The average Bonchev–Trinajstić information content (AvgIpc) is 3.16. The predicted octanol–water partition coefficient (Wildman–Crippen LogP) is 5.48. The van der Waals surface area contributed by atoms with Crippen LogP contribution in [0.5, 0.6) is 0 Å². The van der Waals surface area contributed by atoms with Gasteiger partial charge in [-0.2, -0.15) is 0 Å². The van der Waals surface area contributed by atoms with Crippen LogP contribution in [0.15, 0.2) is 73.2 Å². The highest BCUT2D eigenvalue weighted by molar-refractivity contribution is 6.31. The van der Waals surface area contributed by atoms with Crippen LogP contribution in [0, 0.1) is 6.92 Å². The fourth-order valence-corrected chi connectivity index (χ4v) is 3.65. The van der Waals surface area contributed by atoms with E-state index >= 15 is 0 Å². The van der Waals surface area contributed by atoms with Crippen LogP contribution in [0.1, 0.15) is 22.6 Å². The lowest BCUT2D eigenvalue weighted by molar-refractivity contribution is 0.252. The van der Waals surface area contributed by atoms with Crippen LogP contribution in [0.4, 0.5) is 10.5 Å². The number of amides is 2. The summed E-state index contributed by atoms with van der Waals surface area (Å²) in [6.45, 7) is 2.31. The number of aromatic nitrogens is 2. The number of rotatable bonds is 5. The molecule has 2 aromatic heterocycles. The number of H-pyrrole nitrogens is 1. The van der Waals surface area contributed by atoms with Crippen molar-refractivity contribution in [1.29, 1.82) is 0 Å². The topological polar surface area (TPSA) is 69.8 Å². The first-order valence-corrected chi connectivity index (χ1v) is 9.77. The van der Waals surface area contributed by atoms with Gasteiger partial charge in [-0.05, 0) is 47.9 Å². The molecule has 29 heavy (non-hydrogen) atoms. The van der Waals surface area contributed by atoms with Gasteiger partial charge in [-0.1, -0.05) is 41.9 Å². The number of hydrogen-bond acceptors (Lipinski definition) is 2. The Morgan fingerprint density at radius 3 is 2.83 bits per heavy atom. The first kappa shape index (κ1) is 19.0. The molecular formula is C23H21ClN4O. The molecule has 2 amide bonds. The molecule has 0 saturated heterocycles. The fraction of sp³-hybridized carbons (Fsp3) is 0.130.